The van der Waals surface area contributed by atoms with Crippen molar-refractivity contribution in [3.8, 4) is 0 Å². The molecule has 1 aromatic heterocycles. The third-order valence-electron chi connectivity index (χ3n) is 3.84. The van der Waals surface area contributed by atoms with Crippen molar-refractivity contribution in [2.45, 2.75) is 38.1 Å². The zero-order valence-corrected chi connectivity index (χ0v) is 12.9. The topological polar surface area (TPSA) is 83.2 Å². The number of aliphatic hydroxyl groups is 1. The van der Waals surface area contributed by atoms with Crippen LogP contribution in [-0.4, -0.2) is 22.2 Å². The van der Waals surface area contributed by atoms with Crippen molar-refractivity contribution >= 4 is 34.8 Å². The molecule has 0 amide bonds. The summed E-state index contributed by atoms with van der Waals surface area (Å²) in [5, 5.41) is 13.9. The van der Waals surface area contributed by atoms with Gasteiger partial charge in [-0.3, -0.25) is 0 Å². The van der Waals surface area contributed by atoms with E-state index in [1.807, 2.05) is 0 Å². The van der Waals surface area contributed by atoms with Crippen LogP contribution >= 0.6 is 23.2 Å². The number of halogens is 2. The van der Waals surface area contributed by atoms with E-state index in [1.54, 1.807) is 6.07 Å². The average Bonchev–Trinajstić information content (AvgIpc) is 2.42. The molecule has 1 aliphatic carbocycles. The summed E-state index contributed by atoms with van der Waals surface area (Å²) in [5.41, 5.74) is 2.05. The Morgan fingerprint density at radius 1 is 1.45 bits per heavy atom. The summed E-state index contributed by atoms with van der Waals surface area (Å²) in [4.78, 5) is 4.28. The third kappa shape index (κ3) is 3.28. The zero-order chi connectivity index (χ0) is 14.8. The highest BCUT2D eigenvalue weighted by atomic mass is 35.5. The molecule has 1 heterocycles. The normalized spacial score (nSPS) is 26.4. The molecule has 2 atom stereocenters. The lowest BCUT2D eigenvalue weighted by atomic mass is 9.77. The summed E-state index contributed by atoms with van der Waals surface area (Å²) < 4.78 is 0. The van der Waals surface area contributed by atoms with Crippen LogP contribution in [0.25, 0.3) is 0 Å². The molecule has 0 aliphatic heterocycles. The number of nitrogens with two attached hydrogens (primary N) is 1. The standard InChI is InChI=1S/C13H20Cl2N4O/c1-8-3-2-4-13(6-8,7-20)18-11-9(14)5-10(15)12(17-11)19-16/h5,8,20H,2-4,6-7,16H2,1H3,(H2,17,18,19). The molecule has 5 N–H and O–H groups in total. The molecular formula is C13H20Cl2N4O. The van der Waals surface area contributed by atoms with E-state index >= 15 is 0 Å². The minimum absolute atomic E-state index is 0.0450. The fraction of sp³-hybridized carbons (Fsp3) is 0.615. The summed E-state index contributed by atoms with van der Waals surface area (Å²) in [6.45, 7) is 2.23. The second-order valence-corrected chi connectivity index (χ2v) is 6.37. The molecule has 0 aromatic carbocycles. The monoisotopic (exact) mass is 318 g/mol. The minimum atomic E-state index is -0.381. The molecule has 2 rings (SSSR count). The third-order valence-corrected chi connectivity index (χ3v) is 4.42. The van der Waals surface area contributed by atoms with Crippen LogP contribution in [0.5, 0.6) is 0 Å². The van der Waals surface area contributed by atoms with Gasteiger partial charge in [-0.1, -0.05) is 43.0 Å². The Labute approximate surface area is 128 Å². The Morgan fingerprint density at radius 2 is 2.15 bits per heavy atom. The van der Waals surface area contributed by atoms with Crippen LogP contribution in [0.2, 0.25) is 10.0 Å². The molecule has 0 spiro atoms. The number of aliphatic hydroxyl groups excluding tert-OH is 1. The van der Waals surface area contributed by atoms with Crippen molar-refractivity contribution in [2.24, 2.45) is 11.8 Å². The summed E-state index contributed by atoms with van der Waals surface area (Å²) in [6, 6.07) is 1.59. The number of hydrogen-bond donors (Lipinski definition) is 4. The number of nitrogens with zero attached hydrogens (tertiary/aromatic N) is 1. The molecule has 0 bridgehead atoms. The number of nitrogens with one attached hydrogen (secondary N) is 2. The molecule has 112 valence electrons. The van der Waals surface area contributed by atoms with Gasteiger partial charge in [-0.05, 0) is 24.8 Å². The van der Waals surface area contributed by atoms with Gasteiger partial charge in [0.25, 0.3) is 0 Å². The van der Waals surface area contributed by atoms with E-state index in [2.05, 4.69) is 22.7 Å². The maximum absolute atomic E-state index is 9.79. The van der Waals surface area contributed by atoms with Gasteiger partial charge in [-0.15, -0.1) is 0 Å². The van der Waals surface area contributed by atoms with Crippen LogP contribution in [0, 0.1) is 5.92 Å². The first kappa shape index (κ1) is 15.6. The largest absolute Gasteiger partial charge is 0.394 e. The lowest BCUT2D eigenvalue weighted by molar-refractivity contribution is 0.149. The van der Waals surface area contributed by atoms with Gasteiger partial charge in [0.15, 0.2) is 5.82 Å². The van der Waals surface area contributed by atoms with Crippen LogP contribution in [0.4, 0.5) is 11.6 Å². The summed E-state index contributed by atoms with van der Waals surface area (Å²) >= 11 is 12.1. The maximum Gasteiger partial charge on any atom is 0.161 e. The number of rotatable bonds is 4. The summed E-state index contributed by atoms with van der Waals surface area (Å²) in [7, 11) is 0. The maximum atomic E-state index is 9.79. The van der Waals surface area contributed by atoms with Crippen LogP contribution < -0.4 is 16.6 Å². The molecule has 2 unspecified atom stereocenters. The Hall–Kier alpha value is -0.750. The zero-order valence-electron chi connectivity index (χ0n) is 11.4. The number of pyridine rings is 1. The molecule has 7 heteroatoms. The Bertz CT molecular complexity index is 486. The predicted molar refractivity (Wildman–Crippen MR) is 83.1 cm³/mol. The highest BCUT2D eigenvalue weighted by molar-refractivity contribution is 6.37. The Balaban J connectivity index is 2.27. The molecule has 5 nitrogen and oxygen atoms in total. The average molecular weight is 319 g/mol. The van der Waals surface area contributed by atoms with Gasteiger partial charge in [0.05, 0.1) is 22.2 Å². The van der Waals surface area contributed by atoms with E-state index < -0.39 is 0 Å². The van der Waals surface area contributed by atoms with Gasteiger partial charge in [-0.2, -0.15) is 0 Å². The smallest absolute Gasteiger partial charge is 0.161 e. The molecule has 1 aromatic rings. The van der Waals surface area contributed by atoms with Crippen LogP contribution in [0.3, 0.4) is 0 Å². The SMILES string of the molecule is CC1CCCC(CO)(Nc2nc(NN)c(Cl)cc2Cl)C1. The van der Waals surface area contributed by atoms with Gasteiger partial charge < -0.3 is 15.8 Å². The fourth-order valence-electron chi connectivity index (χ4n) is 2.86. The minimum Gasteiger partial charge on any atom is -0.394 e. The van der Waals surface area contributed by atoms with E-state index in [9.17, 15) is 5.11 Å². The first-order valence-corrected chi connectivity index (χ1v) is 7.47. The molecular weight excluding hydrogens is 299 g/mol. The Morgan fingerprint density at radius 3 is 2.75 bits per heavy atom. The summed E-state index contributed by atoms with van der Waals surface area (Å²) in [6.07, 6.45) is 4.03. The van der Waals surface area contributed by atoms with Crippen molar-refractivity contribution in [3.63, 3.8) is 0 Å². The first-order chi connectivity index (χ1) is 9.49. The number of hydrazine groups is 1. The molecule has 1 aliphatic rings. The van der Waals surface area contributed by atoms with Gasteiger partial charge in [0, 0.05) is 0 Å². The second-order valence-electron chi connectivity index (χ2n) is 5.56. The van der Waals surface area contributed by atoms with E-state index in [4.69, 9.17) is 29.0 Å². The van der Waals surface area contributed by atoms with Crippen molar-refractivity contribution in [2.75, 3.05) is 17.3 Å². The van der Waals surface area contributed by atoms with Gasteiger partial charge in [0.1, 0.15) is 5.82 Å². The summed E-state index contributed by atoms with van der Waals surface area (Å²) in [5.74, 6) is 6.78. The second kappa shape index (κ2) is 6.35. The predicted octanol–water partition coefficient (Wildman–Crippen LogP) is 3.03. The first-order valence-electron chi connectivity index (χ1n) is 6.71. The number of anilines is 2. The Kier molecular flexibility index (Phi) is 4.96. The van der Waals surface area contributed by atoms with Crippen LogP contribution in [0.15, 0.2) is 6.07 Å². The molecule has 1 saturated carbocycles. The van der Waals surface area contributed by atoms with Gasteiger partial charge in [-0.25, -0.2) is 10.8 Å². The fourth-order valence-corrected chi connectivity index (χ4v) is 3.32. The number of nitrogen functional groups attached to an aromatic ring is 1. The molecule has 0 radical (unpaired) electrons. The quantitative estimate of drug-likeness (QED) is 0.506. The van der Waals surface area contributed by atoms with Crippen molar-refractivity contribution in [1.29, 1.82) is 0 Å². The van der Waals surface area contributed by atoms with Crippen LogP contribution in [0.1, 0.15) is 32.6 Å². The van der Waals surface area contributed by atoms with Crippen LogP contribution in [-0.2, 0) is 0 Å². The molecule has 1 fully saturated rings. The van der Waals surface area contributed by atoms with E-state index in [-0.39, 0.29) is 12.1 Å². The van der Waals surface area contributed by atoms with Gasteiger partial charge >= 0.3 is 0 Å². The van der Waals surface area contributed by atoms with E-state index in [0.717, 1.165) is 19.3 Å². The highest BCUT2D eigenvalue weighted by Crippen LogP contribution is 2.37. The highest BCUT2D eigenvalue weighted by Gasteiger charge is 2.35. The van der Waals surface area contributed by atoms with Crippen molar-refractivity contribution in [3.05, 3.63) is 16.1 Å². The van der Waals surface area contributed by atoms with Crippen molar-refractivity contribution < 1.29 is 5.11 Å². The molecule has 0 saturated heterocycles. The lowest BCUT2D eigenvalue weighted by Crippen LogP contribution is -2.46. The van der Waals surface area contributed by atoms with E-state index in [1.165, 1.54) is 6.42 Å². The number of aromatic nitrogens is 1. The van der Waals surface area contributed by atoms with Crippen molar-refractivity contribution in [1.82, 2.24) is 4.98 Å². The van der Waals surface area contributed by atoms with E-state index in [0.29, 0.717) is 27.6 Å². The number of hydrogen-bond acceptors (Lipinski definition) is 5. The van der Waals surface area contributed by atoms with Gasteiger partial charge in [0.2, 0.25) is 0 Å². The molecule has 20 heavy (non-hydrogen) atoms. The lowest BCUT2D eigenvalue weighted by Gasteiger charge is -2.40.